The summed E-state index contributed by atoms with van der Waals surface area (Å²) >= 11 is 12.8. The van der Waals surface area contributed by atoms with Gasteiger partial charge in [-0.25, -0.2) is 8.42 Å². The van der Waals surface area contributed by atoms with Crippen LogP contribution in [-0.2, 0) is 21.4 Å². The number of aliphatic carboxylic acids is 1. The van der Waals surface area contributed by atoms with Crippen molar-refractivity contribution in [1.29, 1.82) is 0 Å². The topological polar surface area (TPSA) is 130 Å². The Morgan fingerprint density at radius 2 is 1.80 bits per heavy atom. The predicted molar refractivity (Wildman–Crippen MR) is 142 cm³/mol. The second-order valence-electron chi connectivity index (χ2n) is 10.4. The minimum absolute atomic E-state index is 0.0640. The number of halogens is 5. The lowest BCUT2D eigenvalue weighted by molar-refractivity contribution is -0.147. The van der Waals surface area contributed by atoms with E-state index in [1.54, 1.807) is 9.40 Å². The minimum Gasteiger partial charge on any atom is -0.481 e. The summed E-state index contributed by atoms with van der Waals surface area (Å²) < 4.78 is 67.4. The first kappa shape index (κ1) is 30.6. The first-order valence-electron chi connectivity index (χ1n) is 12.9. The Hall–Kier alpha value is -2.35. The summed E-state index contributed by atoms with van der Waals surface area (Å²) in [6, 6.07) is 1.22. The molecule has 40 heavy (non-hydrogen) atoms. The van der Waals surface area contributed by atoms with E-state index in [-0.39, 0.29) is 28.2 Å². The van der Waals surface area contributed by atoms with E-state index in [0.29, 0.717) is 32.0 Å². The summed E-state index contributed by atoms with van der Waals surface area (Å²) in [4.78, 5) is 23.4. The van der Waals surface area contributed by atoms with Crippen LogP contribution in [0.3, 0.4) is 0 Å². The number of alkyl halides is 3. The van der Waals surface area contributed by atoms with Gasteiger partial charge in [0.25, 0.3) is 5.91 Å². The number of hydrogen-bond donors (Lipinski definition) is 3. The lowest BCUT2D eigenvalue weighted by Crippen LogP contribution is -2.46. The number of amides is 1. The molecule has 0 saturated heterocycles. The van der Waals surface area contributed by atoms with E-state index in [2.05, 4.69) is 10.4 Å². The Kier molecular flexibility index (Phi) is 9.08. The van der Waals surface area contributed by atoms with E-state index in [4.69, 9.17) is 28.3 Å². The van der Waals surface area contributed by atoms with E-state index in [9.17, 15) is 31.2 Å². The zero-order valence-electron chi connectivity index (χ0n) is 21.5. The van der Waals surface area contributed by atoms with Crippen LogP contribution >= 0.6 is 23.2 Å². The SMILES string of the molecule is C[C@H](NS(=O)(=O)c1ccc(-c2cc(C(=O)N[C@H]3C[C@H](C(=O)O)C3)nn2CC2CCCCC2)c(Cl)c1Cl)C(F)(F)F. The summed E-state index contributed by atoms with van der Waals surface area (Å²) in [7, 11) is -4.67. The van der Waals surface area contributed by atoms with Gasteiger partial charge in [-0.3, -0.25) is 14.3 Å². The number of carboxylic acid groups (broad SMARTS) is 1. The van der Waals surface area contributed by atoms with Crippen molar-refractivity contribution in [3.63, 3.8) is 0 Å². The van der Waals surface area contributed by atoms with Gasteiger partial charge in [-0.05, 0) is 56.7 Å². The first-order valence-corrected chi connectivity index (χ1v) is 15.1. The fourth-order valence-electron chi connectivity index (χ4n) is 4.99. The third-order valence-corrected chi connectivity index (χ3v) is 10.0. The van der Waals surface area contributed by atoms with Gasteiger partial charge in [0, 0.05) is 18.2 Å². The van der Waals surface area contributed by atoms with Crippen LogP contribution in [0, 0.1) is 11.8 Å². The average molecular weight is 625 g/mol. The number of hydrogen-bond acceptors (Lipinski definition) is 5. The molecule has 1 atom stereocenters. The summed E-state index contributed by atoms with van der Waals surface area (Å²) in [6.45, 7) is 1.13. The molecule has 0 spiro atoms. The molecule has 2 saturated carbocycles. The molecular weight excluding hydrogens is 596 g/mol. The predicted octanol–water partition coefficient (Wildman–Crippen LogP) is 5.26. The normalized spacial score (nSPS) is 21.1. The second-order valence-corrected chi connectivity index (χ2v) is 12.8. The highest BCUT2D eigenvalue weighted by molar-refractivity contribution is 7.89. The van der Waals surface area contributed by atoms with Gasteiger partial charge in [-0.1, -0.05) is 42.5 Å². The minimum atomic E-state index is -4.81. The monoisotopic (exact) mass is 624 g/mol. The van der Waals surface area contributed by atoms with Gasteiger partial charge in [0.15, 0.2) is 5.69 Å². The molecule has 9 nitrogen and oxygen atoms in total. The molecule has 0 radical (unpaired) electrons. The van der Waals surface area contributed by atoms with Gasteiger partial charge in [0.1, 0.15) is 10.9 Å². The fourth-order valence-corrected chi connectivity index (χ4v) is 7.09. The van der Waals surface area contributed by atoms with Crippen LogP contribution in [0.5, 0.6) is 0 Å². The van der Waals surface area contributed by atoms with Crippen LogP contribution in [-0.4, -0.2) is 53.4 Å². The molecule has 2 aliphatic rings. The van der Waals surface area contributed by atoms with Crippen LogP contribution in [0.15, 0.2) is 23.1 Å². The number of sulfonamides is 1. The molecule has 2 fully saturated rings. The highest BCUT2D eigenvalue weighted by Gasteiger charge is 2.40. The smallest absolute Gasteiger partial charge is 0.404 e. The molecule has 0 bridgehead atoms. The average Bonchev–Trinajstić information content (AvgIpc) is 3.25. The van der Waals surface area contributed by atoms with E-state index in [1.807, 2.05) is 0 Å². The zero-order valence-corrected chi connectivity index (χ0v) is 23.8. The third-order valence-electron chi connectivity index (χ3n) is 7.43. The first-order chi connectivity index (χ1) is 18.7. The Labute approximate surface area is 239 Å². The highest BCUT2D eigenvalue weighted by Crippen LogP contribution is 2.39. The number of carboxylic acids is 1. The van der Waals surface area contributed by atoms with Gasteiger partial charge in [0.05, 0.1) is 21.7 Å². The van der Waals surface area contributed by atoms with Crippen LogP contribution < -0.4 is 10.0 Å². The Morgan fingerprint density at radius 3 is 2.40 bits per heavy atom. The molecule has 1 aromatic heterocycles. The molecule has 1 heterocycles. The van der Waals surface area contributed by atoms with Crippen molar-refractivity contribution in [2.75, 3.05) is 0 Å². The molecular formula is C25H29Cl2F3N4O5S. The third kappa shape index (κ3) is 6.75. The summed E-state index contributed by atoms with van der Waals surface area (Å²) in [6.07, 6.45) is 1.01. The van der Waals surface area contributed by atoms with Gasteiger partial charge in [-0.15, -0.1) is 0 Å². The number of benzene rings is 1. The number of nitrogens with one attached hydrogen (secondary N) is 2. The van der Waals surface area contributed by atoms with Crippen molar-refractivity contribution in [3.05, 3.63) is 33.9 Å². The van der Waals surface area contributed by atoms with Crippen LogP contribution in [0.2, 0.25) is 10.0 Å². The van der Waals surface area contributed by atoms with Crippen molar-refractivity contribution in [3.8, 4) is 11.3 Å². The molecule has 220 valence electrons. The van der Waals surface area contributed by atoms with Gasteiger partial charge in [0.2, 0.25) is 10.0 Å². The van der Waals surface area contributed by atoms with Gasteiger partial charge < -0.3 is 10.4 Å². The molecule has 3 N–H and O–H groups in total. The maximum atomic E-state index is 13.0. The maximum Gasteiger partial charge on any atom is 0.404 e. The Morgan fingerprint density at radius 1 is 1.15 bits per heavy atom. The van der Waals surface area contributed by atoms with E-state index < -0.39 is 50.0 Å². The van der Waals surface area contributed by atoms with Gasteiger partial charge >= 0.3 is 12.1 Å². The molecule has 1 aromatic carbocycles. The number of carbonyl (C=O) groups is 2. The molecule has 2 aliphatic carbocycles. The van der Waals surface area contributed by atoms with Crippen LogP contribution in [0.4, 0.5) is 13.2 Å². The quantitative estimate of drug-likeness (QED) is 0.349. The van der Waals surface area contributed by atoms with Crippen LogP contribution in [0.25, 0.3) is 11.3 Å². The standard InChI is InChI=1S/C25H29Cl2F3N4O5S/c1-13(25(28,29)30)33-40(38,39)20-8-7-17(21(26)22(20)27)19-11-18(23(35)31-16-9-15(10-16)24(36)37)32-34(19)12-14-5-3-2-4-6-14/h7-8,11,13-16,33H,2-6,9-10,12H2,1H3,(H,31,35)(H,36,37)/t13-,15-,16-/m0/s1. The number of rotatable bonds is 9. The van der Waals surface area contributed by atoms with E-state index in [1.165, 1.54) is 12.1 Å². The van der Waals surface area contributed by atoms with Gasteiger partial charge in [-0.2, -0.15) is 23.0 Å². The number of nitrogens with zero attached hydrogens (tertiary/aromatic N) is 2. The fraction of sp³-hybridized carbons (Fsp3) is 0.560. The second kappa shape index (κ2) is 11.9. The molecule has 0 unspecified atom stereocenters. The summed E-state index contributed by atoms with van der Waals surface area (Å²) in [5.41, 5.74) is 0.709. The maximum absolute atomic E-state index is 13.0. The lowest BCUT2D eigenvalue weighted by Gasteiger charge is -2.32. The number of aromatic nitrogens is 2. The van der Waals surface area contributed by atoms with Crippen molar-refractivity contribution in [1.82, 2.24) is 19.8 Å². The summed E-state index contributed by atoms with van der Waals surface area (Å²) in [5, 5.41) is 15.7. The molecule has 15 heteroatoms. The van der Waals surface area contributed by atoms with Crippen molar-refractivity contribution in [2.45, 2.75) is 81.6 Å². The van der Waals surface area contributed by atoms with Crippen molar-refractivity contribution >= 4 is 45.1 Å². The largest absolute Gasteiger partial charge is 0.481 e. The Bertz CT molecular complexity index is 1390. The highest BCUT2D eigenvalue weighted by atomic mass is 35.5. The molecule has 0 aliphatic heterocycles. The van der Waals surface area contributed by atoms with Crippen molar-refractivity contribution < 1.29 is 36.3 Å². The Balaban J connectivity index is 1.65. The molecule has 2 aromatic rings. The van der Waals surface area contributed by atoms with Crippen molar-refractivity contribution in [2.24, 2.45) is 11.8 Å². The summed E-state index contributed by atoms with van der Waals surface area (Å²) in [5.74, 6) is -1.63. The number of carbonyl (C=O) groups excluding carboxylic acids is 1. The van der Waals surface area contributed by atoms with E-state index in [0.717, 1.165) is 38.2 Å². The lowest BCUT2D eigenvalue weighted by atomic mass is 9.80. The van der Waals surface area contributed by atoms with E-state index >= 15 is 0 Å². The van der Waals surface area contributed by atoms with Crippen LogP contribution in [0.1, 0.15) is 62.4 Å². The molecule has 4 rings (SSSR count). The molecule has 1 amide bonds. The zero-order chi connectivity index (χ0) is 29.4.